The third kappa shape index (κ3) is 2.13. The van der Waals surface area contributed by atoms with Crippen molar-refractivity contribution in [1.82, 2.24) is 9.55 Å². The first-order valence-electron chi connectivity index (χ1n) is 4.77. The molecule has 94 valence electrons. The Morgan fingerprint density at radius 2 is 2.47 bits per heavy atom. The Bertz CT molecular complexity index is 429. The highest BCUT2D eigenvalue weighted by Gasteiger charge is 2.46. The summed E-state index contributed by atoms with van der Waals surface area (Å²) in [6.45, 7) is -0.834. The third-order valence-electron chi connectivity index (χ3n) is 2.53. The lowest BCUT2D eigenvalue weighted by molar-refractivity contribution is -0.398. The summed E-state index contributed by atoms with van der Waals surface area (Å²) >= 11 is 1.89. The van der Waals surface area contributed by atoms with Crippen LogP contribution in [0, 0.1) is 10.1 Å². The molecule has 0 amide bonds. The van der Waals surface area contributed by atoms with Gasteiger partial charge in [-0.25, -0.2) is 8.96 Å². The number of aliphatic hydroxyl groups excluding tert-OH is 1. The molecule has 9 heteroatoms. The molecule has 0 aliphatic carbocycles. The van der Waals surface area contributed by atoms with E-state index in [0.717, 1.165) is 0 Å². The van der Waals surface area contributed by atoms with Crippen molar-refractivity contribution in [1.29, 1.82) is 0 Å². The standard InChI is InChI=1S/C8H9FIN3O4/c9-3-4-6(14)5(10)7(17-4)12-2-1-11-8(12)13(15)16/h1-2,4-7,14H,3H2/t4-,5-,6-,7-/m1/s1. The van der Waals surface area contributed by atoms with Gasteiger partial charge in [0.2, 0.25) is 0 Å². The van der Waals surface area contributed by atoms with Crippen LogP contribution in [0.25, 0.3) is 0 Å². The molecular formula is C8H9FIN3O4. The van der Waals surface area contributed by atoms with Crippen molar-refractivity contribution < 1.29 is 19.2 Å². The van der Waals surface area contributed by atoms with Gasteiger partial charge in [0.15, 0.2) is 6.23 Å². The molecule has 1 fully saturated rings. The first-order valence-corrected chi connectivity index (χ1v) is 6.01. The van der Waals surface area contributed by atoms with E-state index in [0.29, 0.717) is 0 Å². The minimum atomic E-state index is -0.993. The normalized spacial score (nSPS) is 32.9. The number of nitro groups is 1. The molecule has 17 heavy (non-hydrogen) atoms. The van der Waals surface area contributed by atoms with Gasteiger partial charge in [-0.15, -0.1) is 0 Å². The average Bonchev–Trinajstić information content (AvgIpc) is 2.86. The van der Waals surface area contributed by atoms with Gasteiger partial charge in [0.1, 0.15) is 31.3 Å². The quantitative estimate of drug-likeness (QED) is 0.375. The van der Waals surface area contributed by atoms with Gasteiger partial charge in [0, 0.05) is 0 Å². The van der Waals surface area contributed by atoms with Gasteiger partial charge in [-0.1, -0.05) is 27.6 Å². The number of imidazole rings is 1. The van der Waals surface area contributed by atoms with E-state index in [1.54, 1.807) is 0 Å². The van der Waals surface area contributed by atoms with Crippen LogP contribution < -0.4 is 0 Å². The fourth-order valence-corrected chi connectivity index (χ4v) is 2.68. The van der Waals surface area contributed by atoms with Crippen LogP contribution in [-0.4, -0.2) is 42.4 Å². The maximum Gasteiger partial charge on any atom is 0.436 e. The van der Waals surface area contributed by atoms with Crippen LogP contribution in [0.15, 0.2) is 12.4 Å². The number of nitrogens with zero attached hydrogens (tertiary/aromatic N) is 3. The second kappa shape index (κ2) is 4.82. The summed E-state index contributed by atoms with van der Waals surface area (Å²) in [5.41, 5.74) is 0. The molecule has 7 nitrogen and oxygen atoms in total. The number of ether oxygens (including phenoxy) is 1. The van der Waals surface area contributed by atoms with Gasteiger partial charge in [-0.05, 0) is 4.92 Å². The van der Waals surface area contributed by atoms with Crippen LogP contribution >= 0.6 is 22.6 Å². The van der Waals surface area contributed by atoms with Gasteiger partial charge in [0.25, 0.3) is 0 Å². The molecule has 0 spiro atoms. The van der Waals surface area contributed by atoms with E-state index in [2.05, 4.69) is 4.98 Å². The zero-order chi connectivity index (χ0) is 12.6. The fraction of sp³-hybridized carbons (Fsp3) is 0.625. The summed E-state index contributed by atoms with van der Waals surface area (Å²) in [4.78, 5) is 13.6. The highest BCUT2D eigenvalue weighted by atomic mass is 127. The molecule has 2 heterocycles. The van der Waals surface area contributed by atoms with Crippen molar-refractivity contribution in [3.8, 4) is 0 Å². The van der Waals surface area contributed by atoms with Crippen LogP contribution in [0.2, 0.25) is 0 Å². The second-order valence-corrected chi connectivity index (χ2v) is 4.98. The van der Waals surface area contributed by atoms with E-state index < -0.39 is 34.0 Å². The lowest BCUT2D eigenvalue weighted by atomic mass is 10.2. The molecule has 1 aliphatic heterocycles. The molecule has 1 aliphatic rings. The lowest BCUT2D eigenvalue weighted by Gasteiger charge is -2.12. The van der Waals surface area contributed by atoms with Crippen LogP contribution in [0.3, 0.4) is 0 Å². The van der Waals surface area contributed by atoms with E-state index in [-0.39, 0.29) is 5.95 Å². The number of hydrogen-bond donors (Lipinski definition) is 1. The molecule has 0 bridgehead atoms. The summed E-state index contributed by atoms with van der Waals surface area (Å²) in [6, 6.07) is 0. The predicted octanol–water partition coefficient (Wildman–Crippen LogP) is 0.823. The number of hydrogen-bond acceptors (Lipinski definition) is 5. The molecule has 1 aromatic rings. The zero-order valence-corrected chi connectivity index (χ0v) is 10.6. The van der Waals surface area contributed by atoms with E-state index in [1.807, 2.05) is 22.6 Å². The van der Waals surface area contributed by atoms with E-state index >= 15 is 0 Å². The summed E-state index contributed by atoms with van der Waals surface area (Å²) < 4.78 is 18.5. The molecule has 4 atom stereocenters. The molecule has 0 radical (unpaired) electrons. The first kappa shape index (κ1) is 12.6. The summed E-state index contributed by atoms with van der Waals surface area (Å²) in [6.07, 6.45) is -0.0901. The topological polar surface area (TPSA) is 90.4 Å². The van der Waals surface area contributed by atoms with E-state index in [9.17, 15) is 19.6 Å². The average molecular weight is 357 g/mol. The van der Waals surface area contributed by atoms with Crippen molar-refractivity contribution in [2.75, 3.05) is 6.67 Å². The smallest absolute Gasteiger partial charge is 0.390 e. The second-order valence-electron chi connectivity index (χ2n) is 3.55. The highest BCUT2D eigenvalue weighted by molar-refractivity contribution is 14.1. The zero-order valence-electron chi connectivity index (χ0n) is 8.44. The number of rotatable bonds is 3. The molecule has 2 rings (SSSR count). The predicted molar refractivity (Wildman–Crippen MR) is 62.6 cm³/mol. The van der Waals surface area contributed by atoms with Crippen LogP contribution in [-0.2, 0) is 4.74 Å². The number of aromatic nitrogens is 2. The Balaban J connectivity index is 2.29. The molecule has 0 aromatic carbocycles. The fourth-order valence-electron chi connectivity index (χ4n) is 1.70. The van der Waals surface area contributed by atoms with Gasteiger partial charge in [-0.3, -0.25) is 0 Å². The molecule has 1 saturated heterocycles. The van der Waals surface area contributed by atoms with Crippen LogP contribution in [0.1, 0.15) is 6.23 Å². The number of aliphatic hydroxyl groups is 1. The minimum Gasteiger partial charge on any atom is -0.390 e. The van der Waals surface area contributed by atoms with Crippen molar-refractivity contribution in [3.63, 3.8) is 0 Å². The van der Waals surface area contributed by atoms with Gasteiger partial charge in [0.05, 0.1) is 3.92 Å². The van der Waals surface area contributed by atoms with Crippen LogP contribution in [0.4, 0.5) is 10.3 Å². The maximum atomic E-state index is 12.5. The van der Waals surface area contributed by atoms with Crippen LogP contribution in [0.5, 0.6) is 0 Å². The van der Waals surface area contributed by atoms with Gasteiger partial charge in [-0.2, -0.15) is 0 Å². The Labute approximate surface area is 109 Å². The first-order chi connectivity index (χ1) is 8.06. The third-order valence-corrected chi connectivity index (χ3v) is 3.88. The molecular weight excluding hydrogens is 348 g/mol. The van der Waals surface area contributed by atoms with Crippen molar-refractivity contribution in [2.45, 2.75) is 22.4 Å². The number of halogens is 2. The minimum absolute atomic E-state index is 0.386. The SMILES string of the molecule is O=[N+]([O-])c1nccn1[C@@H]1O[C@H](CF)[C@@H](O)[C@H]1I. The Morgan fingerprint density at radius 3 is 3.00 bits per heavy atom. The summed E-state index contributed by atoms with van der Waals surface area (Å²) in [7, 11) is 0. The van der Waals surface area contributed by atoms with E-state index in [1.165, 1.54) is 17.0 Å². The van der Waals surface area contributed by atoms with Gasteiger partial charge >= 0.3 is 5.95 Å². The molecule has 1 N–H and O–H groups in total. The maximum absolute atomic E-state index is 12.5. The van der Waals surface area contributed by atoms with Crippen molar-refractivity contribution in [2.24, 2.45) is 0 Å². The molecule has 1 aromatic heterocycles. The Kier molecular flexibility index (Phi) is 3.58. The monoisotopic (exact) mass is 357 g/mol. The largest absolute Gasteiger partial charge is 0.436 e. The lowest BCUT2D eigenvalue weighted by Crippen LogP contribution is -2.28. The van der Waals surface area contributed by atoms with Gasteiger partial charge < -0.3 is 20.0 Å². The van der Waals surface area contributed by atoms with E-state index in [4.69, 9.17) is 4.74 Å². The van der Waals surface area contributed by atoms with Crippen molar-refractivity contribution >= 4 is 28.5 Å². The summed E-state index contributed by atoms with van der Waals surface area (Å²) in [5, 5.41) is 20.4. The summed E-state index contributed by atoms with van der Waals surface area (Å²) in [5.74, 6) is -0.386. The Hall–Kier alpha value is -0.810. The number of alkyl halides is 2. The molecule has 0 unspecified atom stereocenters. The highest BCUT2D eigenvalue weighted by Crippen LogP contribution is 2.36. The molecule has 0 saturated carbocycles. The Morgan fingerprint density at radius 1 is 1.76 bits per heavy atom. The van der Waals surface area contributed by atoms with Crippen molar-refractivity contribution in [3.05, 3.63) is 22.5 Å².